The summed E-state index contributed by atoms with van der Waals surface area (Å²) in [5.74, 6) is 0.705. The van der Waals surface area contributed by atoms with Gasteiger partial charge in [0.2, 0.25) is 0 Å². The third-order valence-electron chi connectivity index (χ3n) is 12.1. The third kappa shape index (κ3) is 7.70. The molecule has 0 atom stereocenters. The van der Waals surface area contributed by atoms with Crippen LogP contribution in [0.4, 0.5) is 34.1 Å². The summed E-state index contributed by atoms with van der Waals surface area (Å²) >= 11 is 0. The molecule has 0 saturated heterocycles. The molecule has 0 bridgehead atoms. The van der Waals surface area contributed by atoms with Crippen LogP contribution in [-0.2, 0) is 0 Å². The number of nitrogens with zero attached hydrogens (tertiary/aromatic N) is 5. The Hall–Kier alpha value is -8.54. The summed E-state index contributed by atoms with van der Waals surface area (Å²) in [4.78, 5) is 14.9. The van der Waals surface area contributed by atoms with E-state index < -0.39 is 0 Å². The van der Waals surface area contributed by atoms with E-state index in [4.69, 9.17) is 9.97 Å². The van der Waals surface area contributed by atoms with Gasteiger partial charge in [-0.2, -0.15) is 0 Å². The van der Waals surface area contributed by atoms with Crippen LogP contribution < -0.4 is 9.80 Å². The Morgan fingerprint density at radius 2 is 0.677 bits per heavy atom. The topological polar surface area (TPSA) is 37.2 Å². The monoisotopic (exact) mass is 835 g/mol. The molecule has 11 aromatic rings. The lowest BCUT2D eigenvalue weighted by atomic mass is 10.0. The molecular weight excluding hydrogens is 791 g/mol. The third-order valence-corrected chi connectivity index (χ3v) is 12.1. The first-order chi connectivity index (χ1) is 32.0. The molecule has 5 nitrogen and oxygen atoms in total. The molecule has 0 N–H and O–H groups in total. The lowest BCUT2D eigenvalue weighted by Gasteiger charge is -2.26. The minimum absolute atomic E-state index is 0.705. The van der Waals surface area contributed by atoms with E-state index in [2.05, 4.69) is 265 Å². The maximum atomic E-state index is 5.16. The molecule has 310 valence electrons. The molecule has 0 fully saturated rings. The predicted molar refractivity (Wildman–Crippen MR) is 272 cm³/mol. The average molecular weight is 836 g/mol. The van der Waals surface area contributed by atoms with Crippen molar-refractivity contribution < 1.29 is 0 Å². The van der Waals surface area contributed by atoms with Crippen LogP contribution in [0.2, 0.25) is 0 Å². The first kappa shape index (κ1) is 39.3. The average Bonchev–Trinajstić information content (AvgIpc) is 3.69. The smallest absolute Gasteiger partial charge is 0.160 e. The molecule has 11 rings (SSSR count). The molecule has 0 aliphatic rings. The van der Waals surface area contributed by atoms with Crippen LogP contribution in [0.1, 0.15) is 11.1 Å². The van der Waals surface area contributed by atoms with Gasteiger partial charge in [0.25, 0.3) is 0 Å². The molecule has 0 saturated carbocycles. The van der Waals surface area contributed by atoms with Gasteiger partial charge in [0.05, 0.1) is 22.4 Å². The van der Waals surface area contributed by atoms with Crippen LogP contribution >= 0.6 is 0 Å². The maximum Gasteiger partial charge on any atom is 0.160 e. The molecule has 0 aliphatic heterocycles. The summed E-state index contributed by atoms with van der Waals surface area (Å²) in [5, 5.41) is 2.31. The Morgan fingerprint density at radius 3 is 1.06 bits per heavy atom. The molecule has 9 aromatic carbocycles. The van der Waals surface area contributed by atoms with Gasteiger partial charge in [-0.1, -0.05) is 145 Å². The van der Waals surface area contributed by atoms with Crippen molar-refractivity contribution in [3.8, 4) is 39.6 Å². The highest BCUT2D eigenvalue weighted by Gasteiger charge is 2.20. The van der Waals surface area contributed by atoms with Gasteiger partial charge in [-0.3, -0.25) is 0 Å². The summed E-state index contributed by atoms with van der Waals surface area (Å²) < 4.78 is 2.39. The number of benzene rings is 9. The van der Waals surface area contributed by atoms with Crippen molar-refractivity contribution in [1.29, 1.82) is 0 Å². The second-order valence-corrected chi connectivity index (χ2v) is 16.5. The van der Waals surface area contributed by atoms with E-state index >= 15 is 0 Å². The Kier molecular flexibility index (Phi) is 10.3. The molecule has 0 aliphatic carbocycles. The fourth-order valence-corrected chi connectivity index (χ4v) is 8.84. The lowest BCUT2D eigenvalue weighted by molar-refractivity contribution is 1.17. The highest BCUT2D eigenvalue weighted by atomic mass is 15.1. The zero-order valence-electron chi connectivity index (χ0n) is 36.3. The first-order valence-corrected chi connectivity index (χ1v) is 22.1. The quantitative estimate of drug-likeness (QED) is 0.138. The second-order valence-electron chi connectivity index (χ2n) is 16.5. The minimum Gasteiger partial charge on any atom is -0.310 e. The molecule has 5 heteroatoms. The van der Waals surface area contributed by atoms with Crippen LogP contribution in [0, 0.1) is 13.8 Å². The van der Waals surface area contributed by atoms with Crippen molar-refractivity contribution in [2.45, 2.75) is 13.8 Å². The minimum atomic E-state index is 0.705. The van der Waals surface area contributed by atoms with Crippen LogP contribution in [0.5, 0.6) is 0 Å². The summed E-state index contributed by atoms with van der Waals surface area (Å²) in [6.07, 6.45) is 0. The lowest BCUT2D eigenvalue weighted by Crippen LogP contribution is -2.09. The van der Waals surface area contributed by atoms with Crippen molar-refractivity contribution in [1.82, 2.24) is 14.5 Å². The Bertz CT molecular complexity index is 3120. The fourth-order valence-electron chi connectivity index (χ4n) is 8.84. The maximum absolute atomic E-state index is 5.16. The van der Waals surface area contributed by atoms with Gasteiger partial charge in [-0.05, 0) is 117 Å². The summed E-state index contributed by atoms with van der Waals surface area (Å²) in [7, 11) is 0. The first-order valence-electron chi connectivity index (χ1n) is 22.1. The fraction of sp³-hybridized carbons (Fsp3) is 0.0333. The number of hydrogen-bond donors (Lipinski definition) is 0. The number of anilines is 6. The van der Waals surface area contributed by atoms with Gasteiger partial charge in [-0.15, -0.1) is 0 Å². The van der Waals surface area contributed by atoms with E-state index in [1.807, 2.05) is 0 Å². The van der Waals surface area contributed by atoms with Crippen molar-refractivity contribution >= 4 is 55.9 Å². The van der Waals surface area contributed by atoms with Crippen LogP contribution in [0.15, 0.2) is 237 Å². The van der Waals surface area contributed by atoms with Gasteiger partial charge in [0.1, 0.15) is 0 Å². The van der Waals surface area contributed by atoms with Crippen LogP contribution in [0.25, 0.3) is 61.4 Å². The van der Waals surface area contributed by atoms with Gasteiger partial charge >= 0.3 is 0 Å². The van der Waals surface area contributed by atoms with E-state index in [0.717, 1.165) is 89.7 Å². The molecule has 2 heterocycles. The van der Waals surface area contributed by atoms with Gasteiger partial charge < -0.3 is 14.4 Å². The van der Waals surface area contributed by atoms with Gasteiger partial charge in [0.15, 0.2) is 5.82 Å². The van der Waals surface area contributed by atoms with Crippen LogP contribution in [-0.4, -0.2) is 14.5 Å². The highest BCUT2D eigenvalue weighted by Crippen LogP contribution is 2.43. The van der Waals surface area contributed by atoms with Crippen molar-refractivity contribution in [2.75, 3.05) is 9.80 Å². The summed E-state index contributed by atoms with van der Waals surface area (Å²) in [6, 6.07) is 84.1. The van der Waals surface area contributed by atoms with E-state index in [9.17, 15) is 0 Å². The van der Waals surface area contributed by atoms with Gasteiger partial charge in [0, 0.05) is 67.3 Å². The molecular formula is C60H45N5. The molecule has 0 amide bonds. The Morgan fingerprint density at radius 1 is 0.323 bits per heavy atom. The van der Waals surface area contributed by atoms with Gasteiger partial charge in [-0.25, -0.2) is 9.97 Å². The van der Waals surface area contributed by atoms with Crippen molar-refractivity contribution in [2.24, 2.45) is 0 Å². The predicted octanol–water partition coefficient (Wildman–Crippen LogP) is 16.1. The number of hydrogen-bond acceptors (Lipinski definition) is 4. The molecule has 0 radical (unpaired) electrons. The van der Waals surface area contributed by atoms with Crippen molar-refractivity contribution in [3.05, 3.63) is 248 Å². The SMILES string of the molecule is Cc1ccc(-c2cc(-c3ccc(-n4c5ccc(N(c6ccccc6)c6ccccc6)cc5c5cc(N(c6ccccc6)c6ccccc6)ccc54)cc3)nc(-c3ccc(C)cc3)n2)cc1. The molecule has 65 heavy (non-hydrogen) atoms. The largest absolute Gasteiger partial charge is 0.310 e. The summed E-state index contributed by atoms with van der Waals surface area (Å²) in [6.45, 7) is 4.21. The summed E-state index contributed by atoms with van der Waals surface area (Å²) in [5.41, 5.74) is 17.1. The highest BCUT2D eigenvalue weighted by molar-refractivity contribution is 6.12. The second kappa shape index (κ2) is 17.0. The van der Waals surface area contributed by atoms with Crippen molar-refractivity contribution in [3.63, 3.8) is 0 Å². The van der Waals surface area contributed by atoms with E-state index in [0.29, 0.717) is 5.82 Å². The number of fused-ring (bicyclic) bond motifs is 3. The Labute approximate surface area is 379 Å². The molecule has 2 aromatic heterocycles. The normalized spacial score (nSPS) is 11.2. The van der Waals surface area contributed by atoms with E-state index in [-0.39, 0.29) is 0 Å². The Balaban J connectivity index is 1.08. The molecule has 0 unspecified atom stereocenters. The van der Waals surface area contributed by atoms with Crippen LogP contribution in [0.3, 0.4) is 0 Å². The zero-order valence-corrected chi connectivity index (χ0v) is 36.3. The number of aromatic nitrogens is 3. The molecule has 0 spiro atoms. The standard InChI is InChI=1S/C60H45N5/c1-42-23-27-44(28-24-42)56-41-57(62-60(61-56)46-29-25-43(2)26-30-46)45-31-33-51(34-32-45)65-58-37-35-52(63(47-15-7-3-8-16-47)48-17-9-4-10-18-48)39-54(58)55-40-53(36-38-59(55)65)64(49-19-11-5-12-20-49)50-21-13-6-14-22-50/h3-41H,1-2H3. The van der Waals surface area contributed by atoms with E-state index in [1.54, 1.807) is 0 Å². The number of para-hydroxylation sites is 4. The number of rotatable bonds is 10. The zero-order chi connectivity index (χ0) is 43.7. The number of aryl methyl sites for hydroxylation is 2. The van der Waals surface area contributed by atoms with E-state index in [1.165, 1.54) is 11.1 Å².